The molecule has 0 radical (unpaired) electrons. The second-order valence-electron chi connectivity index (χ2n) is 4.83. The highest BCUT2D eigenvalue weighted by molar-refractivity contribution is 5.86. The molecule has 0 saturated carbocycles. The van der Waals surface area contributed by atoms with Crippen molar-refractivity contribution in [2.75, 3.05) is 26.2 Å². The Bertz CT molecular complexity index is 344. The van der Waals surface area contributed by atoms with Crippen LogP contribution in [0.25, 0.3) is 0 Å². The molecule has 1 aliphatic rings. The zero-order chi connectivity index (χ0) is 14.3. The highest BCUT2D eigenvalue weighted by Crippen LogP contribution is 2.11. The van der Waals surface area contributed by atoms with Gasteiger partial charge in [0.05, 0.1) is 6.54 Å². The third-order valence-corrected chi connectivity index (χ3v) is 3.17. The van der Waals surface area contributed by atoms with E-state index in [0.717, 1.165) is 19.3 Å². The Morgan fingerprint density at radius 3 is 2.68 bits per heavy atom. The average molecular weight is 270 g/mol. The number of hydrogen-bond donors (Lipinski definition) is 1. The largest absolute Gasteiger partial charge is 0.480 e. The van der Waals surface area contributed by atoms with E-state index in [0.29, 0.717) is 25.9 Å². The first-order valence-corrected chi connectivity index (χ1v) is 6.82. The lowest BCUT2D eigenvalue weighted by Crippen LogP contribution is -2.44. The van der Waals surface area contributed by atoms with Crippen LogP contribution in [0.3, 0.4) is 0 Å². The first-order valence-electron chi connectivity index (χ1n) is 6.82. The molecule has 0 aromatic rings. The molecule has 6 heteroatoms. The number of hydrogen-bond acceptors (Lipinski definition) is 3. The molecule has 1 rings (SSSR count). The van der Waals surface area contributed by atoms with E-state index in [1.807, 2.05) is 6.92 Å². The molecule has 108 valence electrons. The van der Waals surface area contributed by atoms with Crippen LogP contribution in [0.5, 0.6) is 0 Å². The van der Waals surface area contributed by atoms with Crippen LogP contribution in [0, 0.1) is 0 Å². The zero-order valence-electron chi connectivity index (χ0n) is 11.4. The summed E-state index contributed by atoms with van der Waals surface area (Å²) in [6.07, 6.45) is 3.97. The van der Waals surface area contributed by atoms with Gasteiger partial charge in [-0.05, 0) is 19.3 Å². The van der Waals surface area contributed by atoms with Gasteiger partial charge in [0.25, 0.3) is 0 Å². The van der Waals surface area contributed by atoms with Crippen molar-refractivity contribution < 1.29 is 19.5 Å². The monoisotopic (exact) mass is 270 g/mol. The van der Waals surface area contributed by atoms with E-state index in [1.54, 1.807) is 4.90 Å². The summed E-state index contributed by atoms with van der Waals surface area (Å²) in [4.78, 5) is 37.4. The summed E-state index contributed by atoms with van der Waals surface area (Å²) >= 11 is 0. The number of carbonyl (C=O) groups excluding carboxylic acids is 2. The zero-order valence-corrected chi connectivity index (χ0v) is 11.4. The van der Waals surface area contributed by atoms with E-state index in [-0.39, 0.29) is 24.9 Å². The van der Waals surface area contributed by atoms with Crippen molar-refractivity contribution in [2.45, 2.75) is 39.0 Å². The summed E-state index contributed by atoms with van der Waals surface area (Å²) in [6, 6.07) is 0. The Morgan fingerprint density at radius 2 is 2.05 bits per heavy atom. The van der Waals surface area contributed by atoms with Gasteiger partial charge in [0, 0.05) is 19.5 Å². The standard InChI is InChI=1S/C13H22N2O4/c1-2-7-14(10-13(18)19)12(17)9-15-8-5-3-4-6-11(15)16/h2-10H2,1H3,(H,18,19). The van der Waals surface area contributed by atoms with Crippen LogP contribution in [0.4, 0.5) is 0 Å². The highest BCUT2D eigenvalue weighted by Gasteiger charge is 2.23. The van der Waals surface area contributed by atoms with Crippen molar-refractivity contribution >= 4 is 17.8 Å². The van der Waals surface area contributed by atoms with Crippen LogP contribution in [0.1, 0.15) is 39.0 Å². The molecule has 0 spiro atoms. The van der Waals surface area contributed by atoms with Crippen LogP contribution >= 0.6 is 0 Å². The maximum absolute atomic E-state index is 12.1. The van der Waals surface area contributed by atoms with Crippen LogP contribution in [0.15, 0.2) is 0 Å². The van der Waals surface area contributed by atoms with Crippen molar-refractivity contribution in [2.24, 2.45) is 0 Å². The van der Waals surface area contributed by atoms with Crippen molar-refractivity contribution in [1.29, 1.82) is 0 Å². The predicted molar refractivity (Wildman–Crippen MR) is 69.6 cm³/mol. The smallest absolute Gasteiger partial charge is 0.323 e. The van der Waals surface area contributed by atoms with Gasteiger partial charge in [-0.25, -0.2) is 0 Å². The molecule has 2 amide bonds. The molecule has 0 bridgehead atoms. The Kier molecular flexibility index (Phi) is 6.32. The van der Waals surface area contributed by atoms with Crippen molar-refractivity contribution in [3.63, 3.8) is 0 Å². The third kappa shape index (κ3) is 5.28. The maximum atomic E-state index is 12.1. The van der Waals surface area contributed by atoms with Crippen LogP contribution in [-0.4, -0.2) is 58.9 Å². The van der Waals surface area contributed by atoms with Gasteiger partial charge in [0.15, 0.2) is 0 Å². The van der Waals surface area contributed by atoms with Gasteiger partial charge in [-0.2, -0.15) is 0 Å². The van der Waals surface area contributed by atoms with Crippen molar-refractivity contribution in [3.8, 4) is 0 Å². The quantitative estimate of drug-likeness (QED) is 0.771. The SMILES string of the molecule is CCCN(CC(=O)O)C(=O)CN1CCCCCC1=O. The summed E-state index contributed by atoms with van der Waals surface area (Å²) in [5.41, 5.74) is 0. The number of carbonyl (C=O) groups is 3. The number of nitrogens with zero attached hydrogens (tertiary/aromatic N) is 2. The molecule has 0 aromatic carbocycles. The van der Waals surface area contributed by atoms with E-state index in [9.17, 15) is 14.4 Å². The van der Waals surface area contributed by atoms with E-state index in [1.165, 1.54) is 4.90 Å². The van der Waals surface area contributed by atoms with Crippen LogP contribution in [-0.2, 0) is 14.4 Å². The first kappa shape index (κ1) is 15.5. The molecular weight excluding hydrogens is 248 g/mol. The molecule has 1 N–H and O–H groups in total. The molecule has 6 nitrogen and oxygen atoms in total. The van der Waals surface area contributed by atoms with Gasteiger partial charge in [-0.15, -0.1) is 0 Å². The summed E-state index contributed by atoms with van der Waals surface area (Å²) in [5, 5.41) is 8.79. The minimum Gasteiger partial charge on any atom is -0.480 e. The first-order chi connectivity index (χ1) is 9.04. The van der Waals surface area contributed by atoms with E-state index < -0.39 is 5.97 Å². The fraction of sp³-hybridized carbons (Fsp3) is 0.769. The number of likely N-dealkylation sites (tertiary alicyclic amines) is 1. The highest BCUT2D eigenvalue weighted by atomic mass is 16.4. The van der Waals surface area contributed by atoms with Crippen LogP contribution < -0.4 is 0 Å². The van der Waals surface area contributed by atoms with Gasteiger partial charge < -0.3 is 14.9 Å². The molecule has 1 aliphatic heterocycles. The molecule has 0 atom stereocenters. The van der Waals surface area contributed by atoms with Gasteiger partial charge >= 0.3 is 5.97 Å². The molecule has 0 aromatic heterocycles. The van der Waals surface area contributed by atoms with Gasteiger partial charge in [0.2, 0.25) is 11.8 Å². The molecule has 0 aliphatic carbocycles. The van der Waals surface area contributed by atoms with Crippen LogP contribution in [0.2, 0.25) is 0 Å². The average Bonchev–Trinajstić information content (AvgIpc) is 2.54. The lowest BCUT2D eigenvalue weighted by Gasteiger charge is -2.25. The molecule has 1 fully saturated rings. The topological polar surface area (TPSA) is 77.9 Å². The Labute approximate surface area is 113 Å². The number of carboxylic acids is 1. The fourth-order valence-electron chi connectivity index (χ4n) is 2.19. The van der Waals surface area contributed by atoms with Crippen molar-refractivity contribution in [1.82, 2.24) is 9.80 Å². The van der Waals surface area contributed by atoms with E-state index in [4.69, 9.17) is 5.11 Å². The minimum atomic E-state index is -1.02. The number of amides is 2. The minimum absolute atomic E-state index is 0.00220. The van der Waals surface area contributed by atoms with Gasteiger partial charge in [-0.1, -0.05) is 13.3 Å². The summed E-state index contributed by atoms with van der Waals surface area (Å²) in [6.45, 7) is 2.60. The van der Waals surface area contributed by atoms with E-state index in [2.05, 4.69) is 0 Å². The maximum Gasteiger partial charge on any atom is 0.323 e. The van der Waals surface area contributed by atoms with Crippen molar-refractivity contribution in [3.05, 3.63) is 0 Å². The third-order valence-electron chi connectivity index (χ3n) is 3.17. The van der Waals surface area contributed by atoms with Gasteiger partial charge in [-0.3, -0.25) is 14.4 Å². The fourth-order valence-corrected chi connectivity index (χ4v) is 2.19. The molecule has 1 saturated heterocycles. The summed E-state index contributed by atoms with van der Waals surface area (Å²) in [7, 11) is 0. The van der Waals surface area contributed by atoms with E-state index >= 15 is 0 Å². The molecular formula is C13H22N2O4. The Balaban J connectivity index is 2.58. The number of rotatable bonds is 6. The number of carboxylic acid groups (broad SMARTS) is 1. The van der Waals surface area contributed by atoms with Gasteiger partial charge in [0.1, 0.15) is 6.54 Å². The lowest BCUT2D eigenvalue weighted by molar-refractivity contribution is -0.146. The lowest BCUT2D eigenvalue weighted by atomic mass is 10.2. The predicted octanol–water partition coefficient (Wildman–Crippen LogP) is 0.712. The molecule has 0 unspecified atom stereocenters. The summed E-state index contributed by atoms with van der Waals surface area (Å²) < 4.78 is 0. The molecule has 19 heavy (non-hydrogen) atoms. The molecule has 1 heterocycles. The summed E-state index contributed by atoms with van der Waals surface area (Å²) in [5.74, 6) is -1.30. The normalized spacial score (nSPS) is 16.1. The Hall–Kier alpha value is -1.59. The Morgan fingerprint density at radius 1 is 1.32 bits per heavy atom. The second kappa shape index (κ2) is 7.76. The second-order valence-corrected chi connectivity index (χ2v) is 4.83. The number of aliphatic carboxylic acids is 1.